The highest BCUT2D eigenvalue weighted by atomic mass is 35.5. The highest BCUT2D eigenvalue weighted by Crippen LogP contribution is 2.25. The van der Waals surface area contributed by atoms with Gasteiger partial charge in [0.15, 0.2) is 0 Å². The van der Waals surface area contributed by atoms with Crippen LogP contribution in [0.3, 0.4) is 0 Å². The minimum Gasteiger partial charge on any atom is -0.492 e. The van der Waals surface area contributed by atoms with Crippen molar-refractivity contribution in [3.05, 3.63) is 28.8 Å². The zero-order valence-electron chi connectivity index (χ0n) is 8.09. The van der Waals surface area contributed by atoms with Gasteiger partial charge in [0, 0.05) is 6.54 Å². The van der Waals surface area contributed by atoms with Crippen LogP contribution in [-0.2, 0) is 6.54 Å². The van der Waals surface area contributed by atoms with Crippen molar-refractivity contribution in [1.29, 1.82) is 0 Å². The van der Waals surface area contributed by atoms with Crippen molar-refractivity contribution in [2.24, 2.45) is 0 Å². The monoisotopic (exact) mass is 215 g/mol. The summed E-state index contributed by atoms with van der Waals surface area (Å²) >= 11 is 5.97. The number of rotatable bonds is 5. The second-order valence-corrected chi connectivity index (χ2v) is 3.19. The van der Waals surface area contributed by atoms with Gasteiger partial charge in [0.2, 0.25) is 0 Å². The van der Waals surface area contributed by atoms with Crippen molar-refractivity contribution >= 4 is 11.6 Å². The molecule has 0 radical (unpaired) electrons. The first-order valence-corrected chi connectivity index (χ1v) is 4.88. The second-order valence-electron chi connectivity index (χ2n) is 2.78. The number of ether oxygens (including phenoxy) is 1. The lowest BCUT2D eigenvalue weighted by Crippen LogP contribution is -2.13. The largest absolute Gasteiger partial charge is 0.492 e. The standard InChI is InChI=1S/C10H14ClNO2/c1-2-14-10-4-3-8(5-9(10)11)6-12-7-13/h3-5,12-13H,2,6-7H2,1H3. The van der Waals surface area contributed by atoms with Gasteiger partial charge in [-0.05, 0) is 24.6 Å². The van der Waals surface area contributed by atoms with Crippen LogP contribution in [0.4, 0.5) is 0 Å². The molecule has 0 spiro atoms. The number of halogens is 1. The fraction of sp³-hybridized carbons (Fsp3) is 0.400. The number of hydrogen-bond acceptors (Lipinski definition) is 3. The fourth-order valence-electron chi connectivity index (χ4n) is 1.13. The van der Waals surface area contributed by atoms with Gasteiger partial charge in [0.05, 0.1) is 18.4 Å². The summed E-state index contributed by atoms with van der Waals surface area (Å²) in [7, 11) is 0. The van der Waals surface area contributed by atoms with Gasteiger partial charge in [-0.2, -0.15) is 0 Å². The zero-order valence-corrected chi connectivity index (χ0v) is 8.84. The molecular weight excluding hydrogens is 202 g/mol. The van der Waals surface area contributed by atoms with Gasteiger partial charge in [-0.1, -0.05) is 17.7 Å². The highest BCUT2D eigenvalue weighted by molar-refractivity contribution is 6.32. The van der Waals surface area contributed by atoms with Crippen LogP contribution < -0.4 is 10.1 Å². The molecule has 0 saturated heterocycles. The van der Waals surface area contributed by atoms with Crippen LogP contribution in [-0.4, -0.2) is 18.4 Å². The van der Waals surface area contributed by atoms with Crippen LogP contribution in [0.5, 0.6) is 5.75 Å². The predicted octanol–water partition coefficient (Wildman–Crippen LogP) is 1.78. The van der Waals surface area contributed by atoms with Gasteiger partial charge in [0.1, 0.15) is 5.75 Å². The summed E-state index contributed by atoms with van der Waals surface area (Å²) in [5.41, 5.74) is 1.02. The van der Waals surface area contributed by atoms with Crippen LogP contribution in [0.15, 0.2) is 18.2 Å². The Balaban J connectivity index is 2.68. The van der Waals surface area contributed by atoms with Crippen LogP contribution in [0, 0.1) is 0 Å². The van der Waals surface area contributed by atoms with Crippen molar-refractivity contribution < 1.29 is 9.84 Å². The third-order valence-electron chi connectivity index (χ3n) is 1.74. The van der Waals surface area contributed by atoms with Gasteiger partial charge in [-0.3, -0.25) is 5.32 Å². The van der Waals surface area contributed by atoms with E-state index in [1.165, 1.54) is 0 Å². The molecule has 0 atom stereocenters. The molecule has 0 aliphatic heterocycles. The van der Waals surface area contributed by atoms with Gasteiger partial charge in [-0.15, -0.1) is 0 Å². The molecule has 4 heteroatoms. The third kappa shape index (κ3) is 3.18. The second kappa shape index (κ2) is 5.86. The molecule has 0 heterocycles. The molecule has 3 nitrogen and oxygen atoms in total. The Bertz CT molecular complexity index is 291. The van der Waals surface area contributed by atoms with E-state index in [0.29, 0.717) is 23.9 Å². The molecule has 0 amide bonds. The van der Waals surface area contributed by atoms with E-state index in [9.17, 15) is 0 Å². The summed E-state index contributed by atoms with van der Waals surface area (Å²) in [6.45, 7) is 3.08. The molecule has 0 saturated carbocycles. The molecule has 0 unspecified atom stereocenters. The number of aliphatic hydroxyl groups is 1. The highest BCUT2D eigenvalue weighted by Gasteiger charge is 2.01. The Morgan fingerprint density at radius 3 is 2.86 bits per heavy atom. The smallest absolute Gasteiger partial charge is 0.137 e. The first-order valence-electron chi connectivity index (χ1n) is 4.50. The van der Waals surface area contributed by atoms with E-state index in [0.717, 1.165) is 5.56 Å². The van der Waals surface area contributed by atoms with Crippen LogP contribution in [0.25, 0.3) is 0 Å². The summed E-state index contributed by atoms with van der Waals surface area (Å²) in [4.78, 5) is 0. The van der Waals surface area contributed by atoms with Crippen LogP contribution >= 0.6 is 11.6 Å². The first-order chi connectivity index (χ1) is 6.77. The average Bonchev–Trinajstić information content (AvgIpc) is 2.19. The Morgan fingerprint density at radius 2 is 2.29 bits per heavy atom. The maximum atomic E-state index is 8.57. The van der Waals surface area contributed by atoms with E-state index < -0.39 is 0 Å². The van der Waals surface area contributed by atoms with Crippen LogP contribution in [0.1, 0.15) is 12.5 Å². The molecule has 0 aliphatic rings. The van der Waals surface area contributed by atoms with Gasteiger partial charge >= 0.3 is 0 Å². The summed E-state index contributed by atoms with van der Waals surface area (Å²) < 4.78 is 5.29. The molecule has 0 aliphatic carbocycles. The Kier molecular flexibility index (Phi) is 4.73. The topological polar surface area (TPSA) is 41.5 Å². The molecule has 14 heavy (non-hydrogen) atoms. The summed E-state index contributed by atoms with van der Waals surface area (Å²) in [5, 5.41) is 12.0. The van der Waals surface area contributed by atoms with Crippen molar-refractivity contribution in [2.45, 2.75) is 13.5 Å². The molecule has 2 N–H and O–H groups in total. The fourth-order valence-corrected chi connectivity index (χ4v) is 1.38. The van der Waals surface area contributed by atoms with E-state index in [4.69, 9.17) is 21.4 Å². The molecule has 1 aromatic carbocycles. The first kappa shape index (κ1) is 11.3. The lowest BCUT2D eigenvalue weighted by Gasteiger charge is -2.07. The molecule has 1 rings (SSSR count). The maximum absolute atomic E-state index is 8.57. The molecule has 0 aromatic heterocycles. The molecule has 0 fully saturated rings. The van der Waals surface area contributed by atoms with E-state index in [2.05, 4.69) is 5.32 Å². The number of nitrogens with one attached hydrogen (secondary N) is 1. The average molecular weight is 216 g/mol. The van der Waals surface area contributed by atoms with E-state index >= 15 is 0 Å². The van der Waals surface area contributed by atoms with Crippen molar-refractivity contribution in [1.82, 2.24) is 5.32 Å². The van der Waals surface area contributed by atoms with E-state index in [1.54, 1.807) is 0 Å². The summed E-state index contributed by atoms with van der Waals surface area (Å²) in [5.74, 6) is 0.696. The van der Waals surface area contributed by atoms with Crippen LogP contribution in [0.2, 0.25) is 5.02 Å². The predicted molar refractivity (Wildman–Crippen MR) is 56.5 cm³/mol. The Morgan fingerprint density at radius 1 is 1.50 bits per heavy atom. The number of aliphatic hydroxyl groups excluding tert-OH is 1. The normalized spacial score (nSPS) is 10.2. The minimum atomic E-state index is -0.0369. The lowest BCUT2D eigenvalue weighted by molar-refractivity contribution is 0.259. The Labute approximate surface area is 88.7 Å². The van der Waals surface area contributed by atoms with Gasteiger partial charge in [0.25, 0.3) is 0 Å². The number of hydrogen-bond donors (Lipinski definition) is 2. The SMILES string of the molecule is CCOc1ccc(CNCO)cc1Cl. The van der Waals surface area contributed by atoms with Gasteiger partial charge < -0.3 is 9.84 Å². The molecule has 1 aromatic rings. The lowest BCUT2D eigenvalue weighted by atomic mass is 10.2. The summed E-state index contributed by atoms with van der Waals surface area (Å²) in [6, 6.07) is 5.58. The van der Waals surface area contributed by atoms with E-state index in [1.807, 2.05) is 25.1 Å². The Hall–Kier alpha value is -0.770. The summed E-state index contributed by atoms with van der Waals surface area (Å²) in [6.07, 6.45) is 0. The van der Waals surface area contributed by atoms with Crippen molar-refractivity contribution in [2.75, 3.05) is 13.3 Å². The zero-order chi connectivity index (χ0) is 10.4. The van der Waals surface area contributed by atoms with Crippen molar-refractivity contribution in [3.63, 3.8) is 0 Å². The molecule has 78 valence electrons. The third-order valence-corrected chi connectivity index (χ3v) is 2.03. The molecular formula is C10H14ClNO2. The quantitative estimate of drug-likeness (QED) is 0.736. The maximum Gasteiger partial charge on any atom is 0.137 e. The van der Waals surface area contributed by atoms with E-state index in [-0.39, 0.29) is 6.73 Å². The number of benzene rings is 1. The minimum absolute atomic E-state index is 0.0369. The van der Waals surface area contributed by atoms with Crippen molar-refractivity contribution in [3.8, 4) is 5.75 Å². The molecule has 0 bridgehead atoms. The van der Waals surface area contributed by atoms with Gasteiger partial charge in [-0.25, -0.2) is 0 Å².